The zero-order valence-corrected chi connectivity index (χ0v) is 15.6. The average molecular weight is 380 g/mol. The number of ether oxygens (including phenoxy) is 2. The molecule has 3 heterocycles. The summed E-state index contributed by atoms with van der Waals surface area (Å²) in [7, 11) is 0. The Morgan fingerprint density at radius 1 is 1.21 bits per heavy atom. The highest BCUT2D eigenvalue weighted by Crippen LogP contribution is 2.48. The van der Waals surface area contributed by atoms with Gasteiger partial charge in [0.05, 0.1) is 30.8 Å². The average Bonchev–Trinajstić information content (AvgIpc) is 3.37. The second-order valence-electron chi connectivity index (χ2n) is 7.95. The lowest BCUT2D eigenvalue weighted by molar-refractivity contribution is -0.121. The van der Waals surface area contributed by atoms with Gasteiger partial charge < -0.3 is 14.8 Å². The summed E-state index contributed by atoms with van der Waals surface area (Å²) in [6.07, 6.45) is 5.39. The van der Waals surface area contributed by atoms with Crippen LogP contribution in [0.3, 0.4) is 0 Å². The van der Waals surface area contributed by atoms with Crippen molar-refractivity contribution in [3.8, 4) is 11.8 Å². The van der Waals surface area contributed by atoms with Crippen molar-refractivity contribution >= 4 is 17.6 Å². The second-order valence-corrected chi connectivity index (χ2v) is 7.95. The zero-order valence-electron chi connectivity index (χ0n) is 15.6. The van der Waals surface area contributed by atoms with Gasteiger partial charge in [0.25, 0.3) is 5.91 Å². The van der Waals surface area contributed by atoms with Gasteiger partial charge in [0.1, 0.15) is 11.3 Å². The first-order chi connectivity index (χ1) is 13.4. The highest BCUT2D eigenvalue weighted by atomic mass is 16.5. The van der Waals surface area contributed by atoms with Crippen LogP contribution in [-0.2, 0) is 16.1 Å². The van der Waals surface area contributed by atoms with Gasteiger partial charge in [-0.1, -0.05) is 6.07 Å². The van der Waals surface area contributed by atoms with Crippen LogP contribution in [0, 0.1) is 5.92 Å². The van der Waals surface area contributed by atoms with Gasteiger partial charge in [-0.2, -0.15) is 0 Å². The SMILES string of the molecule is CC1(C)NC(=O)N(c2cnc(Oc3ccc4c(c3)C(C3CC3)OC4)nc2)C1=O. The highest BCUT2D eigenvalue weighted by Gasteiger charge is 2.45. The maximum Gasteiger partial charge on any atom is 0.329 e. The minimum absolute atomic E-state index is 0.150. The van der Waals surface area contributed by atoms with Crippen LogP contribution in [0.2, 0.25) is 0 Å². The monoisotopic (exact) mass is 380 g/mol. The van der Waals surface area contributed by atoms with Crippen molar-refractivity contribution in [1.29, 1.82) is 0 Å². The number of imide groups is 1. The molecule has 1 aromatic heterocycles. The van der Waals surface area contributed by atoms with E-state index in [0.29, 0.717) is 24.0 Å². The number of nitrogens with zero attached hydrogens (tertiary/aromatic N) is 3. The van der Waals surface area contributed by atoms with Crippen molar-refractivity contribution in [3.05, 3.63) is 41.7 Å². The topological polar surface area (TPSA) is 93.7 Å². The van der Waals surface area contributed by atoms with Crippen molar-refractivity contribution in [2.75, 3.05) is 4.90 Å². The van der Waals surface area contributed by atoms with Gasteiger partial charge in [-0.25, -0.2) is 19.7 Å². The van der Waals surface area contributed by atoms with Crippen LogP contribution in [-0.4, -0.2) is 27.4 Å². The Labute approximate surface area is 161 Å². The van der Waals surface area contributed by atoms with Crippen molar-refractivity contribution in [2.45, 2.75) is 44.9 Å². The van der Waals surface area contributed by atoms with Gasteiger partial charge in [-0.05, 0) is 55.9 Å². The van der Waals surface area contributed by atoms with Crippen molar-refractivity contribution in [2.24, 2.45) is 5.92 Å². The number of fused-ring (bicyclic) bond motifs is 1. The Balaban J connectivity index is 1.34. The summed E-state index contributed by atoms with van der Waals surface area (Å²) in [6, 6.07) is 5.53. The minimum atomic E-state index is -0.948. The number of rotatable bonds is 4. The van der Waals surface area contributed by atoms with E-state index in [2.05, 4.69) is 15.3 Å². The molecule has 1 unspecified atom stereocenters. The lowest BCUT2D eigenvalue weighted by atomic mass is 10.0. The van der Waals surface area contributed by atoms with Gasteiger partial charge in [0.15, 0.2) is 0 Å². The van der Waals surface area contributed by atoms with Gasteiger partial charge >= 0.3 is 12.0 Å². The summed E-state index contributed by atoms with van der Waals surface area (Å²) in [5.41, 5.74) is 1.73. The summed E-state index contributed by atoms with van der Waals surface area (Å²) in [6.45, 7) is 3.94. The first-order valence-corrected chi connectivity index (χ1v) is 9.33. The predicted octanol–water partition coefficient (Wildman–Crippen LogP) is 3.09. The molecule has 0 radical (unpaired) electrons. The number of hydrogen-bond donors (Lipinski definition) is 1. The number of carbonyl (C=O) groups is 2. The Kier molecular flexibility index (Phi) is 3.67. The van der Waals surface area contributed by atoms with Gasteiger partial charge in [0.2, 0.25) is 0 Å². The quantitative estimate of drug-likeness (QED) is 0.820. The van der Waals surface area contributed by atoms with E-state index >= 15 is 0 Å². The molecule has 3 amide bonds. The van der Waals surface area contributed by atoms with E-state index in [0.717, 1.165) is 4.90 Å². The van der Waals surface area contributed by atoms with Crippen LogP contribution in [0.4, 0.5) is 10.5 Å². The summed E-state index contributed by atoms with van der Waals surface area (Å²) in [5.74, 6) is 0.902. The fourth-order valence-electron chi connectivity index (χ4n) is 3.66. The number of carbonyl (C=O) groups excluding carboxylic acids is 2. The van der Waals surface area contributed by atoms with E-state index in [1.165, 1.54) is 36.4 Å². The molecule has 2 fully saturated rings. The zero-order chi connectivity index (χ0) is 19.5. The number of benzene rings is 1. The lowest BCUT2D eigenvalue weighted by Gasteiger charge is -2.15. The summed E-state index contributed by atoms with van der Waals surface area (Å²) in [5, 5.41) is 2.63. The lowest BCUT2D eigenvalue weighted by Crippen LogP contribution is -2.40. The largest absolute Gasteiger partial charge is 0.424 e. The van der Waals surface area contributed by atoms with Gasteiger partial charge in [-0.15, -0.1) is 0 Å². The molecule has 2 aliphatic heterocycles. The Bertz CT molecular complexity index is 969. The number of urea groups is 1. The molecule has 1 aliphatic carbocycles. The molecule has 8 nitrogen and oxygen atoms in total. The maximum absolute atomic E-state index is 12.4. The van der Waals surface area contributed by atoms with E-state index < -0.39 is 11.6 Å². The molecule has 144 valence electrons. The van der Waals surface area contributed by atoms with E-state index in [4.69, 9.17) is 9.47 Å². The molecule has 28 heavy (non-hydrogen) atoms. The van der Waals surface area contributed by atoms with Crippen LogP contribution in [0.15, 0.2) is 30.6 Å². The molecule has 1 aromatic carbocycles. The van der Waals surface area contributed by atoms with Crippen molar-refractivity contribution in [1.82, 2.24) is 15.3 Å². The predicted molar refractivity (Wildman–Crippen MR) is 98.9 cm³/mol. The molecule has 1 N–H and O–H groups in total. The summed E-state index contributed by atoms with van der Waals surface area (Å²) < 4.78 is 11.7. The molecule has 0 spiro atoms. The smallest absolute Gasteiger partial charge is 0.329 e. The fraction of sp³-hybridized carbons (Fsp3) is 0.400. The third kappa shape index (κ3) is 2.80. The van der Waals surface area contributed by atoms with Crippen LogP contribution >= 0.6 is 0 Å². The molecule has 1 atom stereocenters. The minimum Gasteiger partial charge on any atom is -0.424 e. The molecule has 1 saturated carbocycles. The van der Waals surface area contributed by atoms with Gasteiger partial charge in [0, 0.05) is 0 Å². The highest BCUT2D eigenvalue weighted by molar-refractivity contribution is 6.22. The van der Waals surface area contributed by atoms with Crippen LogP contribution in [0.1, 0.15) is 43.9 Å². The first-order valence-electron chi connectivity index (χ1n) is 9.33. The van der Waals surface area contributed by atoms with E-state index in [9.17, 15) is 9.59 Å². The number of anilines is 1. The summed E-state index contributed by atoms with van der Waals surface area (Å²) >= 11 is 0. The molecular formula is C20H20N4O4. The third-order valence-corrected chi connectivity index (χ3v) is 5.33. The molecule has 2 aromatic rings. The van der Waals surface area contributed by atoms with Crippen molar-refractivity contribution < 1.29 is 19.1 Å². The third-order valence-electron chi connectivity index (χ3n) is 5.33. The maximum atomic E-state index is 12.4. The fourth-order valence-corrected chi connectivity index (χ4v) is 3.66. The molecule has 3 aliphatic rings. The van der Waals surface area contributed by atoms with Crippen LogP contribution < -0.4 is 15.0 Å². The van der Waals surface area contributed by atoms with Crippen LogP contribution in [0.5, 0.6) is 11.8 Å². The Morgan fingerprint density at radius 3 is 2.61 bits per heavy atom. The molecule has 8 heteroatoms. The first kappa shape index (κ1) is 17.1. The molecule has 5 rings (SSSR count). The normalized spacial score (nSPS) is 22.9. The number of amides is 3. The molecule has 1 saturated heterocycles. The van der Waals surface area contributed by atoms with E-state index in [-0.39, 0.29) is 18.0 Å². The van der Waals surface area contributed by atoms with E-state index in [1.807, 2.05) is 18.2 Å². The van der Waals surface area contributed by atoms with Gasteiger partial charge in [-0.3, -0.25) is 4.79 Å². The number of nitrogens with one attached hydrogen (secondary N) is 1. The number of aromatic nitrogens is 2. The van der Waals surface area contributed by atoms with Crippen molar-refractivity contribution in [3.63, 3.8) is 0 Å². The summed E-state index contributed by atoms with van der Waals surface area (Å²) in [4.78, 5) is 33.8. The van der Waals surface area contributed by atoms with Crippen LogP contribution in [0.25, 0.3) is 0 Å². The second kappa shape index (κ2) is 6.00. The Hall–Kier alpha value is -3.00. The van der Waals surface area contributed by atoms with E-state index in [1.54, 1.807) is 13.8 Å². The standard InChI is InChI=1S/C20H20N4O4/c1-20(2)17(25)24(19(26)23-20)13-8-21-18(22-9-13)28-14-6-5-12-10-27-16(11-3-4-11)15(12)7-14/h5-9,11,16H,3-4,10H2,1-2H3,(H,23,26). The molecule has 0 bridgehead atoms. The molecular weight excluding hydrogens is 360 g/mol. The number of hydrogen-bond acceptors (Lipinski definition) is 6. The Morgan fingerprint density at radius 2 is 1.96 bits per heavy atom.